The Hall–Kier alpha value is -2.13. The van der Waals surface area contributed by atoms with Gasteiger partial charge in [0.25, 0.3) is 0 Å². The summed E-state index contributed by atoms with van der Waals surface area (Å²) in [5.74, 6) is 1.13. The number of methoxy groups -OCH3 is 1. The standard InChI is InChI=1S/C9H7N3O2/c1-14-6-2-3-7-8(4-6)11-12-9(7)10-5-13/h2-4H,1H3,(H,11,12). The highest BCUT2D eigenvalue weighted by Gasteiger charge is 2.04. The van der Waals surface area contributed by atoms with E-state index in [1.165, 1.54) is 6.08 Å². The van der Waals surface area contributed by atoms with E-state index in [0.29, 0.717) is 17.1 Å². The molecule has 5 heteroatoms. The molecule has 0 fully saturated rings. The minimum atomic E-state index is 0.414. The summed E-state index contributed by atoms with van der Waals surface area (Å²) in [5, 5.41) is 7.37. The van der Waals surface area contributed by atoms with Gasteiger partial charge in [-0.1, -0.05) is 0 Å². The summed E-state index contributed by atoms with van der Waals surface area (Å²) < 4.78 is 5.03. The van der Waals surface area contributed by atoms with E-state index in [9.17, 15) is 4.79 Å². The van der Waals surface area contributed by atoms with Crippen LogP contribution in [0.2, 0.25) is 0 Å². The first-order valence-corrected chi connectivity index (χ1v) is 3.95. The van der Waals surface area contributed by atoms with E-state index in [-0.39, 0.29) is 0 Å². The van der Waals surface area contributed by atoms with Crippen LogP contribution >= 0.6 is 0 Å². The van der Waals surface area contributed by atoms with Gasteiger partial charge in [-0.25, -0.2) is 4.79 Å². The van der Waals surface area contributed by atoms with Gasteiger partial charge < -0.3 is 4.74 Å². The van der Waals surface area contributed by atoms with Gasteiger partial charge in [0.05, 0.1) is 12.6 Å². The van der Waals surface area contributed by atoms with Gasteiger partial charge in [0.15, 0.2) is 5.82 Å². The summed E-state index contributed by atoms with van der Waals surface area (Å²) in [5.41, 5.74) is 0.707. The maximum atomic E-state index is 10.1. The molecule has 0 unspecified atom stereocenters. The number of carbonyl (C=O) groups excluding carboxylic acids is 1. The number of hydrogen-bond donors (Lipinski definition) is 1. The van der Waals surface area contributed by atoms with Gasteiger partial charge >= 0.3 is 0 Å². The lowest BCUT2D eigenvalue weighted by molar-refractivity contribution is 0.415. The van der Waals surface area contributed by atoms with E-state index in [1.54, 1.807) is 25.3 Å². The zero-order valence-electron chi connectivity index (χ0n) is 7.44. The van der Waals surface area contributed by atoms with E-state index in [1.807, 2.05) is 0 Å². The third-order valence-electron chi connectivity index (χ3n) is 1.90. The smallest absolute Gasteiger partial charge is 0.242 e. The second-order valence-electron chi connectivity index (χ2n) is 2.66. The van der Waals surface area contributed by atoms with E-state index < -0.39 is 0 Å². The van der Waals surface area contributed by atoms with Gasteiger partial charge in [0.2, 0.25) is 6.08 Å². The van der Waals surface area contributed by atoms with Crippen molar-refractivity contribution in [3.05, 3.63) is 18.2 Å². The fourth-order valence-electron chi connectivity index (χ4n) is 1.24. The predicted molar refractivity (Wildman–Crippen MR) is 50.4 cm³/mol. The van der Waals surface area contributed by atoms with Crippen LogP contribution in [0.4, 0.5) is 5.82 Å². The Morgan fingerprint density at radius 2 is 2.43 bits per heavy atom. The van der Waals surface area contributed by atoms with Gasteiger partial charge in [-0.2, -0.15) is 5.10 Å². The fourth-order valence-corrected chi connectivity index (χ4v) is 1.24. The van der Waals surface area contributed by atoms with Crippen molar-refractivity contribution >= 4 is 22.8 Å². The van der Waals surface area contributed by atoms with E-state index in [4.69, 9.17) is 4.74 Å². The minimum Gasteiger partial charge on any atom is -0.497 e. The molecule has 0 amide bonds. The Kier molecular flexibility index (Phi) is 2.01. The second kappa shape index (κ2) is 3.32. The summed E-state index contributed by atoms with van der Waals surface area (Å²) in [6, 6.07) is 5.32. The first-order chi connectivity index (χ1) is 6.85. The molecule has 0 aliphatic heterocycles. The molecule has 1 heterocycles. The van der Waals surface area contributed by atoms with Gasteiger partial charge in [-0.3, -0.25) is 5.10 Å². The number of H-pyrrole nitrogens is 1. The average molecular weight is 189 g/mol. The van der Waals surface area contributed by atoms with Crippen LogP contribution in [0.1, 0.15) is 0 Å². The first-order valence-electron chi connectivity index (χ1n) is 3.95. The molecule has 0 radical (unpaired) electrons. The molecule has 0 aliphatic rings. The number of benzene rings is 1. The second-order valence-corrected chi connectivity index (χ2v) is 2.66. The van der Waals surface area contributed by atoms with Crippen molar-refractivity contribution in [2.24, 2.45) is 4.99 Å². The van der Waals surface area contributed by atoms with E-state index in [0.717, 1.165) is 5.39 Å². The Labute approximate surface area is 79.4 Å². The number of nitrogens with zero attached hydrogens (tertiary/aromatic N) is 2. The Morgan fingerprint density at radius 3 is 3.14 bits per heavy atom. The van der Waals surface area contributed by atoms with Crippen molar-refractivity contribution in [1.82, 2.24) is 10.2 Å². The van der Waals surface area contributed by atoms with Crippen molar-refractivity contribution in [3.63, 3.8) is 0 Å². The summed E-state index contributed by atoms with van der Waals surface area (Å²) >= 11 is 0. The van der Waals surface area contributed by atoms with E-state index >= 15 is 0 Å². The third-order valence-corrected chi connectivity index (χ3v) is 1.90. The van der Waals surface area contributed by atoms with Gasteiger partial charge in [-0.05, 0) is 12.1 Å². The van der Waals surface area contributed by atoms with Crippen molar-refractivity contribution in [2.75, 3.05) is 7.11 Å². The highest BCUT2D eigenvalue weighted by atomic mass is 16.5. The van der Waals surface area contributed by atoms with Crippen molar-refractivity contribution in [3.8, 4) is 5.75 Å². The van der Waals surface area contributed by atoms with Crippen LogP contribution < -0.4 is 4.74 Å². The van der Waals surface area contributed by atoms with Crippen LogP contribution in [0, 0.1) is 0 Å². The highest BCUT2D eigenvalue weighted by Crippen LogP contribution is 2.25. The molecule has 1 aromatic carbocycles. The van der Waals surface area contributed by atoms with E-state index in [2.05, 4.69) is 15.2 Å². The number of aromatic nitrogens is 2. The lowest BCUT2D eigenvalue weighted by Crippen LogP contribution is -1.80. The SMILES string of the molecule is COc1ccc2c(N=C=O)[nH]nc2c1. The maximum Gasteiger partial charge on any atom is 0.242 e. The predicted octanol–water partition coefficient (Wildman–Crippen LogP) is 1.54. The molecule has 2 aromatic rings. The molecule has 5 nitrogen and oxygen atoms in total. The van der Waals surface area contributed by atoms with Gasteiger partial charge in [0, 0.05) is 11.5 Å². The van der Waals surface area contributed by atoms with Crippen LogP contribution in [0.5, 0.6) is 5.75 Å². The lowest BCUT2D eigenvalue weighted by atomic mass is 10.2. The van der Waals surface area contributed by atoms with Crippen LogP contribution in [0.15, 0.2) is 23.2 Å². The van der Waals surface area contributed by atoms with Gasteiger partial charge in [0.1, 0.15) is 5.75 Å². The zero-order chi connectivity index (χ0) is 9.97. The maximum absolute atomic E-state index is 10.1. The first kappa shape index (κ1) is 8.47. The molecule has 0 atom stereocenters. The molecule has 0 bridgehead atoms. The van der Waals surface area contributed by atoms with Crippen LogP contribution in [-0.2, 0) is 4.79 Å². The molecular formula is C9H7N3O2. The summed E-state index contributed by atoms with van der Waals surface area (Å²) in [4.78, 5) is 13.6. The number of ether oxygens (including phenoxy) is 1. The fraction of sp³-hybridized carbons (Fsp3) is 0.111. The monoisotopic (exact) mass is 189 g/mol. The molecule has 0 saturated heterocycles. The summed E-state index contributed by atoms with van der Waals surface area (Å²) in [7, 11) is 1.58. The summed E-state index contributed by atoms with van der Waals surface area (Å²) in [6.07, 6.45) is 1.46. The van der Waals surface area contributed by atoms with Crippen molar-refractivity contribution in [1.29, 1.82) is 0 Å². The molecular weight excluding hydrogens is 182 g/mol. The topological polar surface area (TPSA) is 67.3 Å². The Bertz CT molecular complexity index is 512. The zero-order valence-corrected chi connectivity index (χ0v) is 7.44. The number of isocyanates is 1. The molecule has 2 rings (SSSR count). The number of aliphatic imine (C=N–C) groups is 1. The quantitative estimate of drug-likeness (QED) is 0.575. The lowest BCUT2D eigenvalue weighted by Gasteiger charge is -1.96. The largest absolute Gasteiger partial charge is 0.497 e. The van der Waals surface area contributed by atoms with Crippen molar-refractivity contribution < 1.29 is 9.53 Å². The number of rotatable bonds is 2. The normalized spacial score (nSPS) is 9.79. The van der Waals surface area contributed by atoms with Crippen molar-refractivity contribution in [2.45, 2.75) is 0 Å². The van der Waals surface area contributed by atoms with Crippen LogP contribution in [-0.4, -0.2) is 23.4 Å². The molecule has 1 aromatic heterocycles. The molecule has 0 spiro atoms. The molecule has 14 heavy (non-hydrogen) atoms. The average Bonchev–Trinajstić information content (AvgIpc) is 2.61. The number of hydrogen-bond acceptors (Lipinski definition) is 4. The Morgan fingerprint density at radius 1 is 1.57 bits per heavy atom. The molecule has 70 valence electrons. The molecule has 0 aliphatic carbocycles. The number of nitrogens with one attached hydrogen (secondary N) is 1. The number of fused-ring (bicyclic) bond motifs is 1. The Balaban J connectivity index is 2.65. The number of aromatic amines is 1. The third kappa shape index (κ3) is 1.26. The molecule has 1 N–H and O–H groups in total. The molecule has 0 saturated carbocycles. The van der Waals surface area contributed by atoms with Crippen LogP contribution in [0.3, 0.4) is 0 Å². The minimum absolute atomic E-state index is 0.414. The highest BCUT2D eigenvalue weighted by molar-refractivity contribution is 5.89. The van der Waals surface area contributed by atoms with Gasteiger partial charge in [-0.15, -0.1) is 4.99 Å². The summed E-state index contributed by atoms with van der Waals surface area (Å²) in [6.45, 7) is 0. The van der Waals surface area contributed by atoms with Crippen LogP contribution in [0.25, 0.3) is 10.9 Å².